The molecule has 0 bridgehead atoms. The van der Waals surface area contributed by atoms with Crippen LogP contribution >= 0.6 is 23.4 Å². The van der Waals surface area contributed by atoms with E-state index in [9.17, 15) is 19.2 Å². The van der Waals surface area contributed by atoms with Gasteiger partial charge in [-0.25, -0.2) is 9.69 Å². The number of carbonyl (C=O) groups excluding carboxylic acids is 4. The molecule has 4 aromatic carbocycles. The number of anilines is 1. The van der Waals surface area contributed by atoms with Crippen LogP contribution in [0.25, 0.3) is 11.1 Å². The van der Waals surface area contributed by atoms with Crippen molar-refractivity contribution < 1.29 is 23.9 Å². The Bertz CT molecular complexity index is 1670. The van der Waals surface area contributed by atoms with Crippen molar-refractivity contribution in [2.45, 2.75) is 23.0 Å². The fourth-order valence-corrected chi connectivity index (χ4v) is 6.19. The number of amides is 2. The fraction of sp³-hybridized carbons (Fsp3) is 0.125. The summed E-state index contributed by atoms with van der Waals surface area (Å²) in [5, 5.41) is 0.0510. The van der Waals surface area contributed by atoms with Gasteiger partial charge in [0.2, 0.25) is 11.8 Å². The Morgan fingerprint density at radius 2 is 1.55 bits per heavy atom. The zero-order valence-corrected chi connectivity index (χ0v) is 22.7. The average Bonchev–Trinajstić information content (AvgIpc) is 3.48. The summed E-state index contributed by atoms with van der Waals surface area (Å²) < 4.78 is 5.28. The number of benzene rings is 4. The molecule has 1 fully saturated rings. The minimum absolute atomic E-state index is 0.0762. The Balaban J connectivity index is 1.07. The summed E-state index contributed by atoms with van der Waals surface area (Å²) in [6.45, 7) is -0.390. The smallest absolute Gasteiger partial charge is 0.338 e. The number of esters is 1. The molecule has 1 unspecified atom stereocenters. The van der Waals surface area contributed by atoms with Crippen LogP contribution in [0.5, 0.6) is 0 Å². The second kappa shape index (κ2) is 10.8. The normalized spacial score (nSPS) is 15.6. The van der Waals surface area contributed by atoms with Crippen LogP contribution in [-0.2, 0) is 20.7 Å². The monoisotopic (exact) mass is 567 g/mol. The van der Waals surface area contributed by atoms with Crippen LogP contribution in [-0.4, -0.2) is 35.4 Å². The molecule has 6 rings (SSSR count). The van der Waals surface area contributed by atoms with Crippen LogP contribution < -0.4 is 4.90 Å². The molecule has 0 radical (unpaired) electrons. The van der Waals surface area contributed by atoms with Crippen LogP contribution in [0.1, 0.15) is 38.3 Å². The molecular formula is C32H22ClNO5S. The van der Waals surface area contributed by atoms with Gasteiger partial charge in [0.1, 0.15) is 0 Å². The van der Waals surface area contributed by atoms with Gasteiger partial charge in [0.15, 0.2) is 12.4 Å². The van der Waals surface area contributed by atoms with E-state index in [1.54, 1.807) is 18.2 Å². The fourth-order valence-electron chi connectivity index (χ4n) is 5.01. The summed E-state index contributed by atoms with van der Waals surface area (Å²) in [5.41, 5.74) is 5.69. The van der Waals surface area contributed by atoms with Crippen LogP contribution in [0.3, 0.4) is 0 Å². The highest BCUT2D eigenvalue weighted by atomic mass is 35.5. The molecule has 1 aliphatic carbocycles. The highest BCUT2D eigenvalue weighted by Gasteiger charge is 2.40. The van der Waals surface area contributed by atoms with Crippen LogP contribution in [0.2, 0.25) is 5.02 Å². The first kappa shape index (κ1) is 26.0. The summed E-state index contributed by atoms with van der Waals surface area (Å²) in [7, 11) is 0. The number of rotatable bonds is 7. The lowest BCUT2D eigenvalue weighted by Crippen LogP contribution is -2.31. The quantitative estimate of drug-likeness (QED) is 0.129. The van der Waals surface area contributed by atoms with E-state index in [1.807, 2.05) is 36.4 Å². The van der Waals surface area contributed by atoms with Gasteiger partial charge in [0.25, 0.3) is 0 Å². The zero-order chi connectivity index (χ0) is 27.8. The van der Waals surface area contributed by atoms with Crippen LogP contribution in [0, 0.1) is 0 Å². The molecule has 6 nitrogen and oxygen atoms in total. The number of fused-ring (bicyclic) bond motifs is 3. The molecule has 1 atom stereocenters. The van der Waals surface area contributed by atoms with E-state index in [-0.39, 0.29) is 36.2 Å². The highest BCUT2D eigenvalue weighted by molar-refractivity contribution is 8.00. The largest absolute Gasteiger partial charge is 0.454 e. The van der Waals surface area contributed by atoms with Crippen molar-refractivity contribution in [1.29, 1.82) is 0 Å². The van der Waals surface area contributed by atoms with Gasteiger partial charge in [-0.2, -0.15) is 0 Å². The minimum atomic E-state index is -0.663. The molecule has 198 valence electrons. The summed E-state index contributed by atoms with van der Waals surface area (Å²) in [4.78, 5) is 53.0. The van der Waals surface area contributed by atoms with Gasteiger partial charge in [-0.3, -0.25) is 14.4 Å². The predicted molar refractivity (Wildman–Crippen MR) is 154 cm³/mol. The number of thioether (sulfide) groups is 1. The first-order chi connectivity index (χ1) is 19.4. The van der Waals surface area contributed by atoms with Crippen LogP contribution in [0.4, 0.5) is 5.69 Å². The summed E-state index contributed by atoms with van der Waals surface area (Å²) >= 11 is 7.24. The molecule has 2 amide bonds. The van der Waals surface area contributed by atoms with E-state index in [0.29, 0.717) is 16.3 Å². The van der Waals surface area contributed by atoms with Gasteiger partial charge < -0.3 is 4.74 Å². The van der Waals surface area contributed by atoms with E-state index in [1.165, 1.54) is 47.2 Å². The van der Waals surface area contributed by atoms with Gasteiger partial charge in [-0.1, -0.05) is 48.0 Å². The van der Waals surface area contributed by atoms with Gasteiger partial charge in [0.05, 0.1) is 16.5 Å². The van der Waals surface area contributed by atoms with Crippen molar-refractivity contribution in [2.24, 2.45) is 0 Å². The number of hydrogen-bond acceptors (Lipinski definition) is 6. The van der Waals surface area contributed by atoms with Crippen molar-refractivity contribution in [3.8, 4) is 11.1 Å². The number of imide groups is 1. The van der Waals surface area contributed by atoms with Gasteiger partial charge >= 0.3 is 5.97 Å². The molecule has 0 N–H and O–H groups in total. The summed E-state index contributed by atoms with van der Waals surface area (Å²) in [6.07, 6.45) is 0.841. The minimum Gasteiger partial charge on any atom is -0.454 e. The molecule has 4 aromatic rings. The van der Waals surface area contributed by atoms with Gasteiger partial charge in [0, 0.05) is 21.9 Å². The molecule has 0 saturated carbocycles. The summed E-state index contributed by atoms with van der Waals surface area (Å²) in [5.74, 6) is -1.58. The number of halogens is 1. The van der Waals surface area contributed by atoms with E-state index in [0.717, 1.165) is 27.3 Å². The second-order valence-electron chi connectivity index (χ2n) is 9.58. The van der Waals surface area contributed by atoms with Gasteiger partial charge in [-0.15, -0.1) is 11.8 Å². The Morgan fingerprint density at radius 1 is 0.850 bits per heavy atom. The van der Waals surface area contributed by atoms with E-state index in [2.05, 4.69) is 12.1 Å². The third-order valence-corrected chi connectivity index (χ3v) is 8.46. The SMILES string of the molecule is O=C(COC(=O)c1ccc(N2C(=O)CC(Sc3ccc(Cl)cc3)C2=O)cc1)c1ccc2c(c1)Cc1ccccc1-2. The van der Waals surface area contributed by atoms with Crippen molar-refractivity contribution in [1.82, 2.24) is 0 Å². The lowest BCUT2D eigenvalue weighted by Gasteiger charge is -2.15. The maximum Gasteiger partial charge on any atom is 0.338 e. The lowest BCUT2D eigenvalue weighted by atomic mass is 10.0. The predicted octanol–water partition coefficient (Wildman–Crippen LogP) is 6.38. The maximum absolute atomic E-state index is 13.0. The number of nitrogens with zero attached hydrogens (tertiary/aromatic N) is 1. The second-order valence-corrected chi connectivity index (χ2v) is 11.3. The number of ketones is 1. The molecule has 0 spiro atoms. The Hall–Kier alpha value is -4.20. The molecule has 2 aliphatic rings. The van der Waals surface area contributed by atoms with Crippen molar-refractivity contribution in [3.05, 3.63) is 118 Å². The first-order valence-corrected chi connectivity index (χ1v) is 13.9. The maximum atomic E-state index is 13.0. The van der Waals surface area contributed by atoms with Gasteiger partial charge in [-0.05, 0) is 83.3 Å². The molecule has 0 aromatic heterocycles. The van der Waals surface area contributed by atoms with E-state index < -0.39 is 11.2 Å². The lowest BCUT2D eigenvalue weighted by molar-refractivity contribution is -0.121. The molecular weight excluding hydrogens is 546 g/mol. The molecule has 40 heavy (non-hydrogen) atoms. The van der Waals surface area contributed by atoms with Crippen molar-refractivity contribution >= 4 is 52.6 Å². The number of carbonyl (C=O) groups is 4. The van der Waals surface area contributed by atoms with Crippen molar-refractivity contribution in [3.63, 3.8) is 0 Å². The number of ether oxygens (including phenoxy) is 1. The molecule has 1 aliphatic heterocycles. The standard InChI is InChI=1S/C32H22ClNO5S/c33-23-8-12-25(13-9-23)40-29-17-30(36)34(31(29)37)24-10-5-19(6-11-24)32(38)39-18-28(35)21-7-14-27-22(16-21)15-20-3-1-2-4-26(20)27/h1-14,16,29H,15,17-18H2. The van der Waals surface area contributed by atoms with Crippen molar-refractivity contribution in [2.75, 3.05) is 11.5 Å². The number of Topliss-reactive ketones (excluding diaryl/α,β-unsaturated/α-hetero) is 1. The number of hydrogen-bond donors (Lipinski definition) is 0. The van der Waals surface area contributed by atoms with E-state index >= 15 is 0 Å². The highest BCUT2D eigenvalue weighted by Crippen LogP contribution is 2.37. The Labute approximate surface area is 239 Å². The van der Waals surface area contributed by atoms with Crippen LogP contribution in [0.15, 0.2) is 95.9 Å². The topological polar surface area (TPSA) is 80.8 Å². The van der Waals surface area contributed by atoms with E-state index in [4.69, 9.17) is 16.3 Å². The third kappa shape index (κ3) is 5.06. The zero-order valence-electron chi connectivity index (χ0n) is 21.1. The molecule has 1 saturated heterocycles. The first-order valence-electron chi connectivity index (χ1n) is 12.7. The average molecular weight is 568 g/mol. The molecule has 8 heteroatoms. The molecule has 1 heterocycles. The Morgan fingerprint density at radius 3 is 2.33 bits per heavy atom. The summed E-state index contributed by atoms with van der Waals surface area (Å²) in [6, 6.07) is 26.8. The Kier molecular flexibility index (Phi) is 7.00. The third-order valence-electron chi connectivity index (χ3n) is 7.01.